The van der Waals surface area contributed by atoms with Crippen LogP contribution in [0, 0.1) is 5.82 Å². The second-order valence-corrected chi connectivity index (χ2v) is 7.54. The van der Waals surface area contributed by atoms with Crippen molar-refractivity contribution in [3.8, 4) is 0 Å². The van der Waals surface area contributed by atoms with Gasteiger partial charge in [-0.05, 0) is 55.2 Å². The number of para-hydroxylation sites is 2. The predicted molar refractivity (Wildman–Crippen MR) is 108 cm³/mol. The fourth-order valence-corrected chi connectivity index (χ4v) is 4.42. The lowest BCUT2D eigenvalue weighted by Gasteiger charge is -2.31. The number of aliphatic carboxylic acids is 1. The van der Waals surface area contributed by atoms with E-state index in [2.05, 4.69) is 4.98 Å². The normalized spacial score (nSPS) is 16.3. The van der Waals surface area contributed by atoms with Crippen LogP contribution in [0.5, 0.6) is 0 Å². The second-order valence-electron chi connectivity index (χ2n) is 7.54. The van der Waals surface area contributed by atoms with Crippen molar-refractivity contribution in [2.75, 3.05) is 11.9 Å². The highest BCUT2D eigenvalue weighted by atomic mass is 19.1. The monoisotopic (exact) mass is 393 g/mol. The molecule has 0 radical (unpaired) electrons. The maximum atomic E-state index is 14.0. The van der Waals surface area contributed by atoms with E-state index in [0.29, 0.717) is 18.9 Å². The number of carbonyl (C=O) groups is 1. The van der Waals surface area contributed by atoms with Crippen LogP contribution in [-0.2, 0) is 24.2 Å². The van der Waals surface area contributed by atoms with E-state index in [0.717, 1.165) is 39.7 Å². The zero-order valence-corrected chi connectivity index (χ0v) is 15.9. The topological polar surface area (TPSA) is 71.5 Å². The molecule has 4 aromatic rings. The van der Waals surface area contributed by atoms with Gasteiger partial charge in [0.25, 0.3) is 6.01 Å². The van der Waals surface area contributed by atoms with Gasteiger partial charge in [-0.1, -0.05) is 12.1 Å². The number of nitrogens with zero attached hydrogens (tertiary/aromatic N) is 3. The van der Waals surface area contributed by atoms with E-state index in [1.165, 1.54) is 12.1 Å². The third kappa shape index (κ3) is 2.93. The number of likely N-dealkylation sites (N-methyl/N-ethyl adjacent to an activating group) is 1. The van der Waals surface area contributed by atoms with Gasteiger partial charge in [0, 0.05) is 29.7 Å². The van der Waals surface area contributed by atoms with Gasteiger partial charge in [0.05, 0.1) is 0 Å². The summed E-state index contributed by atoms with van der Waals surface area (Å²) in [4.78, 5) is 18.0. The Balaban J connectivity index is 1.53. The van der Waals surface area contributed by atoms with E-state index < -0.39 is 5.97 Å². The zero-order chi connectivity index (χ0) is 20.1. The Hall–Kier alpha value is -3.35. The van der Waals surface area contributed by atoms with E-state index in [1.807, 2.05) is 40.8 Å². The first-order chi connectivity index (χ1) is 14.0. The number of halogens is 1. The number of oxazole rings is 1. The molecule has 0 saturated carbocycles. The van der Waals surface area contributed by atoms with E-state index >= 15 is 0 Å². The van der Waals surface area contributed by atoms with Gasteiger partial charge in [-0.2, -0.15) is 4.98 Å². The van der Waals surface area contributed by atoms with Gasteiger partial charge >= 0.3 is 5.97 Å². The van der Waals surface area contributed by atoms with Gasteiger partial charge in [0.2, 0.25) is 0 Å². The predicted octanol–water partition coefficient (Wildman–Crippen LogP) is 4.00. The Labute approximate surface area is 166 Å². The average Bonchev–Trinajstić information content (AvgIpc) is 3.26. The van der Waals surface area contributed by atoms with Gasteiger partial charge in [-0.3, -0.25) is 4.79 Å². The van der Waals surface area contributed by atoms with E-state index in [4.69, 9.17) is 4.42 Å². The highest BCUT2D eigenvalue weighted by molar-refractivity contribution is 5.87. The third-order valence-corrected chi connectivity index (χ3v) is 5.83. The number of hydrogen-bond acceptors (Lipinski definition) is 4. The van der Waals surface area contributed by atoms with Crippen LogP contribution in [0.3, 0.4) is 0 Å². The molecule has 0 fully saturated rings. The number of aromatic nitrogens is 2. The van der Waals surface area contributed by atoms with Crippen molar-refractivity contribution in [2.45, 2.75) is 31.8 Å². The lowest BCUT2D eigenvalue weighted by atomic mass is 9.90. The molecule has 0 saturated heterocycles. The minimum absolute atomic E-state index is 0.122. The van der Waals surface area contributed by atoms with Crippen LogP contribution in [-0.4, -0.2) is 33.7 Å². The summed E-state index contributed by atoms with van der Waals surface area (Å²) >= 11 is 0. The third-order valence-electron chi connectivity index (χ3n) is 5.83. The number of fused-ring (bicyclic) bond motifs is 4. The molecule has 29 heavy (non-hydrogen) atoms. The molecule has 0 spiro atoms. The SMILES string of the molecule is CN(c1nc2ccccc2o1)[C@H]1CCc2c(c3cc(F)ccc3n2CC(=O)O)C1. The maximum Gasteiger partial charge on any atom is 0.323 e. The minimum Gasteiger partial charge on any atom is -0.480 e. The molecule has 1 N–H and O–H groups in total. The largest absolute Gasteiger partial charge is 0.480 e. The Morgan fingerprint density at radius 2 is 2.17 bits per heavy atom. The van der Waals surface area contributed by atoms with Gasteiger partial charge in [0.1, 0.15) is 17.9 Å². The van der Waals surface area contributed by atoms with Crippen molar-refractivity contribution in [3.63, 3.8) is 0 Å². The molecule has 1 aliphatic rings. The molecule has 2 aromatic carbocycles. The molecule has 2 aromatic heterocycles. The summed E-state index contributed by atoms with van der Waals surface area (Å²) in [6.07, 6.45) is 2.23. The number of anilines is 1. The Bertz CT molecular complexity index is 1210. The van der Waals surface area contributed by atoms with Crippen molar-refractivity contribution in [1.29, 1.82) is 0 Å². The van der Waals surface area contributed by atoms with Crippen LogP contribution in [0.25, 0.3) is 22.0 Å². The minimum atomic E-state index is -0.903. The Morgan fingerprint density at radius 3 is 2.97 bits per heavy atom. The molecule has 1 aliphatic carbocycles. The van der Waals surface area contributed by atoms with Crippen molar-refractivity contribution >= 4 is 34.0 Å². The summed E-state index contributed by atoms with van der Waals surface area (Å²) in [5.41, 5.74) is 4.32. The van der Waals surface area contributed by atoms with Gasteiger partial charge in [0.15, 0.2) is 5.58 Å². The Kier molecular flexibility index (Phi) is 4.04. The zero-order valence-electron chi connectivity index (χ0n) is 15.9. The molecule has 0 bridgehead atoms. The molecular formula is C22H20FN3O3. The first-order valence-electron chi connectivity index (χ1n) is 9.61. The lowest BCUT2D eigenvalue weighted by molar-refractivity contribution is -0.137. The molecule has 2 heterocycles. The molecule has 6 nitrogen and oxygen atoms in total. The standard InChI is InChI=1S/C22H20FN3O3/c1-25(22-24-17-4-2-3-5-20(17)29-22)14-7-9-19-16(11-14)15-10-13(23)6-8-18(15)26(19)12-21(27)28/h2-6,8,10,14H,7,9,11-12H2,1H3,(H,27,28)/t14-/m0/s1. The van der Waals surface area contributed by atoms with E-state index in [-0.39, 0.29) is 18.4 Å². The van der Waals surface area contributed by atoms with Crippen LogP contribution in [0.2, 0.25) is 0 Å². The first kappa shape index (κ1) is 17.7. The molecule has 5 rings (SSSR count). The fraction of sp³-hybridized carbons (Fsp3) is 0.273. The van der Waals surface area contributed by atoms with Crippen molar-refractivity contribution < 1.29 is 18.7 Å². The van der Waals surface area contributed by atoms with Crippen LogP contribution >= 0.6 is 0 Å². The van der Waals surface area contributed by atoms with Crippen LogP contribution in [0.1, 0.15) is 17.7 Å². The number of carboxylic acid groups (broad SMARTS) is 1. The second kappa shape index (κ2) is 6.62. The lowest BCUT2D eigenvalue weighted by Crippen LogP contribution is -2.37. The summed E-state index contributed by atoms with van der Waals surface area (Å²) in [6.45, 7) is -0.122. The first-order valence-corrected chi connectivity index (χ1v) is 9.61. The average molecular weight is 393 g/mol. The highest BCUT2D eigenvalue weighted by Gasteiger charge is 2.30. The molecule has 7 heteroatoms. The van der Waals surface area contributed by atoms with Crippen LogP contribution in [0.15, 0.2) is 46.9 Å². The van der Waals surface area contributed by atoms with Crippen LogP contribution in [0.4, 0.5) is 10.4 Å². The molecule has 0 unspecified atom stereocenters. The molecular weight excluding hydrogens is 373 g/mol. The maximum absolute atomic E-state index is 14.0. The van der Waals surface area contributed by atoms with Crippen molar-refractivity contribution in [1.82, 2.24) is 9.55 Å². The van der Waals surface area contributed by atoms with Crippen LogP contribution < -0.4 is 4.90 Å². The summed E-state index contributed by atoms with van der Waals surface area (Å²) in [5.74, 6) is -1.22. The quantitative estimate of drug-likeness (QED) is 0.567. The summed E-state index contributed by atoms with van der Waals surface area (Å²) < 4.78 is 21.7. The smallest absolute Gasteiger partial charge is 0.323 e. The number of benzene rings is 2. The van der Waals surface area contributed by atoms with Crippen molar-refractivity contribution in [2.24, 2.45) is 0 Å². The van der Waals surface area contributed by atoms with Crippen molar-refractivity contribution in [3.05, 3.63) is 59.5 Å². The molecule has 0 amide bonds. The fourth-order valence-electron chi connectivity index (χ4n) is 4.42. The van der Waals surface area contributed by atoms with Gasteiger partial charge in [-0.15, -0.1) is 0 Å². The van der Waals surface area contributed by atoms with E-state index in [9.17, 15) is 14.3 Å². The Morgan fingerprint density at radius 1 is 1.34 bits per heavy atom. The summed E-state index contributed by atoms with van der Waals surface area (Å²) in [7, 11) is 1.96. The molecule has 0 aliphatic heterocycles. The van der Waals surface area contributed by atoms with Gasteiger partial charge < -0.3 is 19.0 Å². The molecule has 1 atom stereocenters. The van der Waals surface area contributed by atoms with Gasteiger partial charge in [-0.25, -0.2) is 4.39 Å². The van der Waals surface area contributed by atoms with E-state index in [1.54, 1.807) is 6.07 Å². The summed E-state index contributed by atoms with van der Waals surface area (Å²) in [5, 5.41) is 10.1. The number of carboxylic acids is 1. The number of rotatable bonds is 4. The summed E-state index contributed by atoms with van der Waals surface area (Å²) in [6, 6.07) is 12.9. The molecule has 148 valence electrons. The highest BCUT2D eigenvalue weighted by Crippen LogP contribution is 2.35. The number of hydrogen-bond donors (Lipinski definition) is 1.